The van der Waals surface area contributed by atoms with E-state index in [1.54, 1.807) is 17.4 Å². The number of hydrogen-bond acceptors (Lipinski definition) is 4. The first-order chi connectivity index (χ1) is 11.9. The predicted molar refractivity (Wildman–Crippen MR) is 104 cm³/mol. The summed E-state index contributed by atoms with van der Waals surface area (Å²) >= 11 is 1.64. The average Bonchev–Trinajstić information content (AvgIpc) is 3.03. The van der Waals surface area contributed by atoms with Gasteiger partial charge in [-0.3, -0.25) is 9.59 Å². The molecule has 0 unspecified atom stereocenters. The van der Waals surface area contributed by atoms with Crippen molar-refractivity contribution in [3.63, 3.8) is 0 Å². The van der Waals surface area contributed by atoms with Gasteiger partial charge in [-0.25, -0.2) is 0 Å². The Balaban J connectivity index is 1.79. The number of hydrogen-bond donors (Lipinski definition) is 1. The molecular formula is C19H29N3O2S. The third kappa shape index (κ3) is 5.97. The largest absolute Gasteiger partial charge is 0.339 e. The molecule has 0 aromatic carbocycles. The van der Waals surface area contributed by atoms with Crippen LogP contribution in [0, 0.1) is 5.92 Å². The van der Waals surface area contributed by atoms with Gasteiger partial charge in [-0.15, -0.1) is 11.3 Å². The summed E-state index contributed by atoms with van der Waals surface area (Å²) in [6.45, 7) is 6.34. The van der Waals surface area contributed by atoms with Gasteiger partial charge in [0.2, 0.25) is 11.8 Å². The summed E-state index contributed by atoms with van der Waals surface area (Å²) in [5, 5.41) is 3.95. The fourth-order valence-electron chi connectivity index (χ4n) is 2.79. The number of rotatable bonds is 6. The second-order valence-electron chi connectivity index (χ2n) is 7.11. The summed E-state index contributed by atoms with van der Waals surface area (Å²) in [7, 11) is 3.94. The SMILES string of the molecule is CC(C)c1ccc(NC(=O)C2CCN(C(=O)/C=C/CN(C)C)CC2)s1. The molecule has 0 atom stereocenters. The van der Waals surface area contributed by atoms with Crippen molar-refractivity contribution in [3.05, 3.63) is 29.2 Å². The van der Waals surface area contributed by atoms with E-state index in [0.717, 1.165) is 24.4 Å². The highest BCUT2D eigenvalue weighted by Crippen LogP contribution is 2.29. The summed E-state index contributed by atoms with van der Waals surface area (Å²) < 4.78 is 0. The highest BCUT2D eigenvalue weighted by Gasteiger charge is 2.26. The number of nitrogens with one attached hydrogen (secondary N) is 1. The lowest BCUT2D eigenvalue weighted by Crippen LogP contribution is -2.40. The molecule has 1 saturated heterocycles. The maximum Gasteiger partial charge on any atom is 0.246 e. The molecule has 0 aliphatic carbocycles. The fourth-order valence-corrected chi connectivity index (χ4v) is 3.70. The number of piperidine rings is 1. The zero-order valence-corrected chi connectivity index (χ0v) is 16.4. The second-order valence-corrected chi connectivity index (χ2v) is 8.23. The van der Waals surface area contributed by atoms with Crippen LogP contribution in [0.3, 0.4) is 0 Å². The van der Waals surface area contributed by atoms with Gasteiger partial charge in [0.05, 0.1) is 5.00 Å². The van der Waals surface area contributed by atoms with E-state index in [0.29, 0.717) is 19.0 Å². The van der Waals surface area contributed by atoms with E-state index in [2.05, 4.69) is 25.2 Å². The van der Waals surface area contributed by atoms with Crippen molar-refractivity contribution in [2.24, 2.45) is 5.92 Å². The normalized spacial score (nSPS) is 16.2. The Morgan fingerprint density at radius 3 is 2.56 bits per heavy atom. The highest BCUT2D eigenvalue weighted by atomic mass is 32.1. The van der Waals surface area contributed by atoms with E-state index < -0.39 is 0 Å². The number of anilines is 1. The minimum absolute atomic E-state index is 0.0144. The molecule has 1 aliphatic rings. The molecule has 5 nitrogen and oxygen atoms in total. The molecule has 25 heavy (non-hydrogen) atoms. The first kappa shape index (κ1) is 19.7. The molecule has 138 valence electrons. The molecule has 2 heterocycles. The van der Waals surface area contributed by atoms with Crippen molar-refractivity contribution in [1.82, 2.24) is 9.80 Å². The molecular weight excluding hydrogens is 334 g/mol. The van der Waals surface area contributed by atoms with Gasteiger partial charge in [-0.1, -0.05) is 19.9 Å². The zero-order chi connectivity index (χ0) is 18.4. The summed E-state index contributed by atoms with van der Waals surface area (Å²) in [6.07, 6.45) is 4.97. The minimum atomic E-state index is -0.0144. The van der Waals surface area contributed by atoms with E-state index in [4.69, 9.17) is 0 Å². The van der Waals surface area contributed by atoms with Crippen LogP contribution in [0.5, 0.6) is 0 Å². The second kappa shape index (κ2) is 9.15. The van der Waals surface area contributed by atoms with Crippen molar-refractivity contribution >= 4 is 28.2 Å². The van der Waals surface area contributed by atoms with Gasteiger partial charge in [0.25, 0.3) is 0 Å². The van der Waals surface area contributed by atoms with E-state index in [1.165, 1.54) is 4.88 Å². The Kier molecular flexibility index (Phi) is 7.20. The van der Waals surface area contributed by atoms with Crippen LogP contribution in [-0.4, -0.2) is 55.3 Å². The van der Waals surface area contributed by atoms with Gasteiger partial charge in [0, 0.05) is 36.5 Å². The summed E-state index contributed by atoms with van der Waals surface area (Å²) in [5.41, 5.74) is 0. The molecule has 1 aliphatic heterocycles. The molecule has 0 bridgehead atoms. The van der Waals surface area contributed by atoms with Crippen LogP contribution in [0.25, 0.3) is 0 Å². The molecule has 1 fully saturated rings. The lowest BCUT2D eigenvalue weighted by molar-refractivity contribution is -0.130. The third-order valence-corrected chi connectivity index (χ3v) is 5.65. The van der Waals surface area contributed by atoms with Gasteiger partial charge in [0.1, 0.15) is 0 Å². The van der Waals surface area contributed by atoms with E-state index in [1.807, 2.05) is 36.0 Å². The molecule has 2 rings (SSSR count). The predicted octanol–water partition coefficient (Wildman–Crippen LogP) is 3.17. The summed E-state index contributed by atoms with van der Waals surface area (Å²) in [5.74, 6) is 0.581. The van der Waals surface area contributed by atoms with Crippen LogP contribution in [-0.2, 0) is 9.59 Å². The maximum absolute atomic E-state index is 12.4. The Morgan fingerprint density at radius 2 is 2.00 bits per heavy atom. The molecule has 0 radical (unpaired) electrons. The highest BCUT2D eigenvalue weighted by molar-refractivity contribution is 7.16. The first-order valence-corrected chi connectivity index (χ1v) is 9.69. The number of nitrogens with zero attached hydrogens (tertiary/aromatic N) is 2. The zero-order valence-electron chi connectivity index (χ0n) is 15.6. The fraction of sp³-hybridized carbons (Fsp3) is 0.579. The third-order valence-electron chi connectivity index (χ3n) is 4.35. The first-order valence-electron chi connectivity index (χ1n) is 8.87. The Labute approximate surface area is 154 Å². The number of likely N-dealkylation sites (N-methyl/N-ethyl adjacent to an activating group) is 1. The van der Waals surface area contributed by atoms with Crippen molar-refractivity contribution in [2.75, 3.05) is 39.0 Å². The Morgan fingerprint density at radius 1 is 1.32 bits per heavy atom. The standard InChI is InChI=1S/C19H29N3O2S/c1-14(2)16-7-8-17(25-16)20-19(24)15-9-12-22(13-10-15)18(23)6-5-11-21(3)4/h5-8,14-15H,9-13H2,1-4H3,(H,20,24)/b6-5+. The number of carbonyl (C=O) groups is 2. The van der Waals surface area contributed by atoms with Crippen LogP contribution < -0.4 is 5.32 Å². The van der Waals surface area contributed by atoms with E-state index >= 15 is 0 Å². The molecule has 2 amide bonds. The van der Waals surface area contributed by atoms with Crippen molar-refractivity contribution in [2.45, 2.75) is 32.6 Å². The van der Waals surface area contributed by atoms with Gasteiger partial charge < -0.3 is 15.1 Å². The van der Waals surface area contributed by atoms with E-state index in [9.17, 15) is 9.59 Å². The monoisotopic (exact) mass is 363 g/mol. The lowest BCUT2D eigenvalue weighted by atomic mass is 9.96. The van der Waals surface area contributed by atoms with Crippen molar-refractivity contribution in [1.29, 1.82) is 0 Å². The average molecular weight is 364 g/mol. The maximum atomic E-state index is 12.4. The van der Waals surface area contributed by atoms with Gasteiger partial charge in [-0.2, -0.15) is 0 Å². The van der Waals surface area contributed by atoms with Gasteiger partial charge in [0.15, 0.2) is 0 Å². The lowest BCUT2D eigenvalue weighted by Gasteiger charge is -2.30. The molecule has 1 aromatic rings. The summed E-state index contributed by atoms with van der Waals surface area (Å²) in [6, 6.07) is 4.05. The molecule has 1 aromatic heterocycles. The molecule has 0 spiro atoms. The van der Waals surface area contributed by atoms with Crippen LogP contribution in [0.15, 0.2) is 24.3 Å². The van der Waals surface area contributed by atoms with Crippen LogP contribution in [0.2, 0.25) is 0 Å². The summed E-state index contributed by atoms with van der Waals surface area (Å²) in [4.78, 5) is 29.7. The number of carbonyl (C=O) groups excluding carboxylic acids is 2. The van der Waals surface area contributed by atoms with Crippen molar-refractivity contribution in [3.8, 4) is 0 Å². The number of thiophene rings is 1. The quantitative estimate of drug-likeness (QED) is 0.790. The topological polar surface area (TPSA) is 52.7 Å². The minimum Gasteiger partial charge on any atom is -0.339 e. The van der Waals surface area contributed by atoms with Crippen LogP contribution in [0.4, 0.5) is 5.00 Å². The van der Waals surface area contributed by atoms with Crippen molar-refractivity contribution < 1.29 is 9.59 Å². The number of amides is 2. The molecule has 6 heteroatoms. The Hall–Kier alpha value is -1.66. The number of likely N-dealkylation sites (tertiary alicyclic amines) is 1. The van der Waals surface area contributed by atoms with E-state index in [-0.39, 0.29) is 17.7 Å². The van der Waals surface area contributed by atoms with Gasteiger partial charge in [-0.05, 0) is 45.0 Å². The molecule has 1 N–H and O–H groups in total. The smallest absolute Gasteiger partial charge is 0.246 e. The van der Waals surface area contributed by atoms with Gasteiger partial charge >= 0.3 is 0 Å². The Bertz CT molecular complexity index is 614. The molecule has 0 saturated carbocycles. The van der Waals surface area contributed by atoms with Crippen LogP contribution >= 0.6 is 11.3 Å². The van der Waals surface area contributed by atoms with Crippen LogP contribution in [0.1, 0.15) is 37.5 Å².